The Kier molecular flexibility index (Phi) is 9.85. The highest BCUT2D eigenvalue weighted by Gasteiger charge is 2.36. The maximum absolute atomic E-state index is 13.9. The fraction of sp³-hybridized carbons (Fsp3) is 0.500. The molecule has 2 aliphatic heterocycles. The first-order valence-electron chi connectivity index (χ1n) is 16.6. The van der Waals surface area contributed by atoms with Crippen molar-refractivity contribution in [3.63, 3.8) is 0 Å². The van der Waals surface area contributed by atoms with Crippen LogP contribution < -0.4 is 14.5 Å². The number of halogens is 2. The minimum Gasteiger partial charge on any atom is -0.459 e. The number of aromatic nitrogens is 2. The van der Waals surface area contributed by atoms with Crippen LogP contribution in [-0.2, 0) is 17.8 Å². The highest BCUT2D eigenvalue weighted by molar-refractivity contribution is 6.36. The van der Waals surface area contributed by atoms with E-state index in [0.717, 1.165) is 52.5 Å². The molecule has 3 aliphatic rings. The fourth-order valence-corrected chi connectivity index (χ4v) is 7.53. The van der Waals surface area contributed by atoms with E-state index < -0.39 is 17.8 Å². The van der Waals surface area contributed by atoms with Crippen LogP contribution in [0.4, 0.5) is 15.9 Å². The topological polar surface area (TPSA) is 69.4 Å². The van der Waals surface area contributed by atoms with Gasteiger partial charge in [-0.15, -0.1) is 0 Å². The molecule has 0 radical (unpaired) electrons. The Balaban J connectivity index is 1.31. The third-order valence-corrected chi connectivity index (χ3v) is 10.5. The first kappa shape index (κ1) is 33.0. The predicted octanol–water partition coefficient (Wildman–Crippen LogP) is 6.15. The van der Waals surface area contributed by atoms with Crippen LogP contribution in [0.15, 0.2) is 48.8 Å². The second-order valence-corrected chi connectivity index (χ2v) is 13.6. The molecule has 6 rings (SSSR count). The molecule has 1 amide bonds. The molecule has 1 saturated carbocycles. The molecule has 47 heavy (non-hydrogen) atoms. The zero-order chi connectivity index (χ0) is 33.2. The lowest BCUT2D eigenvalue weighted by atomic mass is 9.80. The summed E-state index contributed by atoms with van der Waals surface area (Å²) in [6.45, 7) is 18.2. The van der Waals surface area contributed by atoms with Gasteiger partial charge in [-0.05, 0) is 63.6 Å². The van der Waals surface area contributed by atoms with Crippen molar-refractivity contribution in [1.82, 2.24) is 19.8 Å². The summed E-state index contributed by atoms with van der Waals surface area (Å²) in [6.07, 6.45) is 4.41. The molecule has 3 heterocycles. The average molecular weight is 660 g/mol. The number of ether oxygens (including phenoxy) is 1. The lowest BCUT2D eigenvalue weighted by molar-refractivity contribution is -0.131. The van der Waals surface area contributed by atoms with Crippen molar-refractivity contribution in [3.8, 4) is 6.01 Å². The van der Waals surface area contributed by atoms with Gasteiger partial charge in [-0.2, -0.15) is 9.97 Å². The molecule has 0 unspecified atom stereocenters. The first-order valence-corrected chi connectivity index (χ1v) is 16.9. The normalized spacial score (nSPS) is 19.6. The fourth-order valence-electron chi connectivity index (χ4n) is 7.25. The smallest absolute Gasteiger partial charge is 0.318 e. The van der Waals surface area contributed by atoms with Crippen molar-refractivity contribution in [2.75, 3.05) is 56.1 Å². The van der Waals surface area contributed by atoms with Gasteiger partial charge in [0.1, 0.15) is 18.0 Å². The van der Waals surface area contributed by atoms with Crippen LogP contribution in [0.5, 0.6) is 6.01 Å². The Hall–Kier alpha value is -3.94. The molecule has 0 spiro atoms. The number of rotatable bonds is 10. The van der Waals surface area contributed by atoms with E-state index in [1.807, 2.05) is 12.1 Å². The van der Waals surface area contributed by atoms with Crippen LogP contribution in [0.3, 0.4) is 0 Å². The largest absolute Gasteiger partial charge is 0.459 e. The summed E-state index contributed by atoms with van der Waals surface area (Å²) >= 11 is 6.72. The molecule has 2 fully saturated rings. The van der Waals surface area contributed by atoms with Crippen LogP contribution in [-0.4, -0.2) is 90.2 Å². The molecule has 0 N–H and O–H groups in total. The predicted molar refractivity (Wildman–Crippen MR) is 185 cm³/mol. The number of hydrogen-bond donors (Lipinski definition) is 0. The molecule has 3 atom stereocenters. The van der Waals surface area contributed by atoms with Gasteiger partial charge in [0.15, 0.2) is 5.83 Å². The number of likely N-dealkylation sites (N-methyl/N-ethyl adjacent to an activating group) is 1. The van der Waals surface area contributed by atoms with Gasteiger partial charge >= 0.3 is 6.01 Å². The molecule has 1 aliphatic carbocycles. The summed E-state index contributed by atoms with van der Waals surface area (Å²) in [7, 11) is 2.15. The van der Waals surface area contributed by atoms with Crippen molar-refractivity contribution in [2.24, 2.45) is 5.92 Å². The lowest BCUT2D eigenvalue weighted by Gasteiger charge is -2.41. The van der Waals surface area contributed by atoms with E-state index in [4.69, 9.17) is 32.9 Å². The molecule has 9 nitrogen and oxygen atoms in total. The minimum absolute atomic E-state index is 0.0598. The molecule has 2 aromatic carbocycles. The summed E-state index contributed by atoms with van der Waals surface area (Å²) in [6, 6.07) is 12.5. The van der Waals surface area contributed by atoms with Gasteiger partial charge in [-0.25, -0.2) is 11.0 Å². The number of anilines is 2. The number of amides is 1. The monoisotopic (exact) mass is 659 g/mol. The molecule has 1 aromatic heterocycles. The maximum atomic E-state index is 13.9. The molecular formula is C36H43ClFN7O2. The van der Waals surface area contributed by atoms with Crippen molar-refractivity contribution >= 4 is 39.8 Å². The molecule has 248 valence electrons. The van der Waals surface area contributed by atoms with E-state index in [9.17, 15) is 9.18 Å². The van der Waals surface area contributed by atoms with Crippen molar-refractivity contribution in [1.29, 1.82) is 0 Å². The van der Waals surface area contributed by atoms with Gasteiger partial charge in [0.25, 0.3) is 5.91 Å². The molecular weight excluding hydrogens is 617 g/mol. The van der Waals surface area contributed by atoms with E-state index in [0.29, 0.717) is 43.1 Å². The quantitative estimate of drug-likeness (QED) is 0.191. The molecule has 11 heteroatoms. The average Bonchev–Trinajstić information content (AvgIpc) is 3.02. The van der Waals surface area contributed by atoms with E-state index >= 15 is 0 Å². The Bertz CT molecular complexity index is 1690. The zero-order valence-corrected chi connectivity index (χ0v) is 28.2. The van der Waals surface area contributed by atoms with E-state index in [1.54, 1.807) is 0 Å². The highest BCUT2D eigenvalue weighted by atomic mass is 35.5. The summed E-state index contributed by atoms with van der Waals surface area (Å²) in [4.78, 5) is 34.3. The number of fused-ring (bicyclic) bond motifs is 2. The minimum atomic E-state index is -1.01. The van der Waals surface area contributed by atoms with Crippen LogP contribution in [0, 0.1) is 12.5 Å². The van der Waals surface area contributed by atoms with Crippen LogP contribution >= 0.6 is 11.6 Å². The first-order chi connectivity index (χ1) is 22.6. The zero-order valence-electron chi connectivity index (χ0n) is 27.5. The van der Waals surface area contributed by atoms with Crippen LogP contribution in [0.25, 0.3) is 15.6 Å². The number of benzene rings is 2. The SMILES string of the molecule is [C-]#[N+]C[C@H]1CN(c2nc(O[C@@H](C)CN(C)[C@@H](C)C3CCC3)nc3c2CCN(c2cccc4cccc(Cl)c24)C3)CCN1C(=O)C(=C)F. The summed E-state index contributed by atoms with van der Waals surface area (Å²) in [5, 5.41) is 2.80. The number of hydrogen-bond acceptors (Lipinski definition) is 7. The maximum Gasteiger partial charge on any atom is 0.318 e. The van der Waals surface area contributed by atoms with Crippen molar-refractivity contribution in [3.05, 3.63) is 76.5 Å². The third kappa shape index (κ3) is 6.88. The second kappa shape index (κ2) is 14.0. The lowest BCUT2D eigenvalue weighted by Crippen LogP contribution is -2.57. The Morgan fingerprint density at radius 1 is 1.17 bits per heavy atom. The van der Waals surface area contributed by atoms with Gasteiger partial charge in [-0.1, -0.05) is 48.9 Å². The van der Waals surface area contributed by atoms with Gasteiger partial charge in [-0.3, -0.25) is 9.69 Å². The third-order valence-electron chi connectivity index (χ3n) is 10.2. The van der Waals surface area contributed by atoms with Gasteiger partial charge in [0.2, 0.25) is 6.54 Å². The van der Waals surface area contributed by atoms with Crippen molar-refractivity contribution in [2.45, 2.75) is 64.3 Å². The number of carbonyl (C=O) groups excluding carboxylic acids is 1. The number of nitrogens with zero attached hydrogens (tertiary/aromatic N) is 7. The molecule has 0 bridgehead atoms. The van der Waals surface area contributed by atoms with Gasteiger partial charge in [0, 0.05) is 55.4 Å². The van der Waals surface area contributed by atoms with Crippen molar-refractivity contribution < 1.29 is 13.9 Å². The highest BCUT2D eigenvalue weighted by Crippen LogP contribution is 2.37. The summed E-state index contributed by atoms with van der Waals surface area (Å²) in [5.41, 5.74) is 2.96. The number of carbonyl (C=O) groups is 1. The van der Waals surface area contributed by atoms with E-state index in [1.165, 1.54) is 24.2 Å². The second-order valence-electron chi connectivity index (χ2n) is 13.2. The number of piperazine rings is 1. The summed E-state index contributed by atoms with van der Waals surface area (Å²) in [5.74, 6) is -0.283. The Morgan fingerprint density at radius 3 is 2.64 bits per heavy atom. The standard InChI is InChI=1S/C36H43ClFN7O2/c1-23(20-42(5)25(3)26-9-6-10-26)47-36-40-31-22-43(32-14-8-12-27-11-7-13-30(37)33(27)32)16-15-29(31)34(41-36)44-17-18-45(35(46)24(2)38)28(21-44)19-39-4/h7-8,11-14,23,25-26,28H,2,6,9-10,15-22H2,1,3,5H3/t23-,25-,28-/m0/s1. The van der Waals surface area contributed by atoms with E-state index in [2.05, 4.69) is 71.3 Å². The van der Waals surface area contributed by atoms with E-state index in [-0.39, 0.29) is 19.2 Å². The van der Waals surface area contributed by atoms with Crippen LogP contribution in [0.1, 0.15) is 44.4 Å². The Morgan fingerprint density at radius 2 is 1.94 bits per heavy atom. The van der Waals surface area contributed by atoms with Crippen LogP contribution in [0.2, 0.25) is 5.02 Å². The summed E-state index contributed by atoms with van der Waals surface area (Å²) < 4.78 is 20.3. The molecule has 1 saturated heterocycles. The molecule has 3 aromatic rings. The van der Waals surface area contributed by atoms with Gasteiger partial charge in [0.05, 0.1) is 17.3 Å². The Labute approximate surface area is 281 Å². The van der Waals surface area contributed by atoms with Gasteiger partial charge < -0.3 is 24.3 Å².